The topological polar surface area (TPSA) is 102 Å². The van der Waals surface area contributed by atoms with E-state index >= 15 is 0 Å². The van der Waals surface area contributed by atoms with Crippen LogP contribution in [0, 0.1) is 4.77 Å². The van der Waals surface area contributed by atoms with Crippen LogP contribution >= 0.6 is 24.4 Å². The monoisotopic (exact) mass is 287 g/mol. The average molecular weight is 287 g/mol. The Bertz CT molecular complexity index is 522. The zero-order valence-corrected chi connectivity index (χ0v) is 11.3. The summed E-state index contributed by atoms with van der Waals surface area (Å²) in [7, 11) is 0. The maximum atomic E-state index is 11.5. The van der Waals surface area contributed by atoms with E-state index in [9.17, 15) is 9.59 Å². The van der Waals surface area contributed by atoms with Gasteiger partial charge in [0.15, 0.2) is 9.88 Å². The molecule has 0 aliphatic heterocycles. The van der Waals surface area contributed by atoms with E-state index in [0.717, 1.165) is 0 Å². The molecule has 18 heavy (non-hydrogen) atoms. The van der Waals surface area contributed by atoms with Gasteiger partial charge in [0.05, 0.1) is 6.42 Å². The predicted octanol–water partition coefficient (Wildman–Crippen LogP) is -0.510. The van der Waals surface area contributed by atoms with Crippen molar-refractivity contribution >= 4 is 35.5 Å². The Morgan fingerprint density at radius 1 is 1.39 bits per heavy atom. The number of thiocarbonyl (C=S) groups is 1. The molecule has 9 heteroatoms. The number of nitrogens with one attached hydrogen (secondary N) is 5. The maximum Gasteiger partial charge on any atom is 0.251 e. The summed E-state index contributed by atoms with van der Waals surface area (Å²) in [4.78, 5) is 27.7. The van der Waals surface area contributed by atoms with Crippen molar-refractivity contribution < 1.29 is 4.79 Å². The minimum atomic E-state index is -0.349. The summed E-state index contributed by atoms with van der Waals surface area (Å²) in [6, 6.07) is 1.28. The number of hydrazine groups is 1. The standard InChI is InChI=1S/C9H13N5O2S2/c1-2-10-8(17)14-13-7(16)4-5-3-6(15)12-9(18)11-5/h3H,2,4H2,1H3,(H,13,16)(H2,10,14,17)(H2,11,12,15,18). The van der Waals surface area contributed by atoms with Crippen molar-refractivity contribution in [2.45, 2.75) is 13.3 Å². The summed E-state index contributed by atoms with van der Waals surface area (Å²) >= 11 is 9.65. The van der Waals surface area contributed by atoms with Crippen molar-refractivity contribution in [3.05, 3.63) is 26.9 Å². The number of hydrogen-bond acceptors (Lipinski definition) is 4. The molecule has 0 saturated carbocycles. The summed E-state index contributed by atoms with van der Waals surface area (Å²) in [6.45, 7) is 2.54. The molecule has 0 unspecified atom stereocenters. The van der Waals surface area contributed by atoms with E-state index in [4.69, 9.17) is 24.4 Å². The van der Waals surface area contributed by atoms with Crippen LogP contribution in [0.25, 0.3) is 0 Å². The van der Waals surface area contributed by atoms with Gasteiger partial charge in [0.1, 0.15) is 0 Å². The zero-order chi connectivity index (χ0) is 13.5. The van der Waals surface area contributed by atoms with E-state index in [-0.39, 0.29) is 22.7 Å². The Morgan fingerprint density at radius 2 is 2.11 bits per heavy atom. The number of amides is 1. The Balaban J connectivity index is 2.52. The Kier molecular flexibility index (Phi) is 5.46. The third-order valence-electron chi connectivity index (χ3n) is 1.82. The van der Waals surface area contributed by atoms with E-state index in [1.54, 1.807) is 0 Å². The number of carbonyl (C=O) groups is 1. The van der Waals surface area contributed by atoms with Crippen LogP contribution in [0.2, 0.25) is 0 Å². The SMILES string of the molecule is CCNC(=S)NNC(=O)Cc1cc(=O)[nH]c(=S)[nH]1. The second kappa shape index (κ2) is 6.87. The molecule has 1 rings (SSSR count). The molecular weight excluding hydrogens is 274 g/mol. The van der Waals surface area contributed by atoms with Crippen LogP contribution in [0.5, 0.6) is 0 Å². The first-order chi connectivity index (χ1) is 8.51. The molecule has 0 saturated heterocycles. The minimum Gasteiger partial charge on any atom is -0.362 e. The van der Waals surface area contributed by atoms with E-state index in [1.165, 1.54) is 6.07 Å². The summed E-state index contributed by atoms with van der Waals surface area (Å²) in [5.41, 5.74) is 5.00. The van der Waals surface area contributed by atoms with Crippen molar-refractivity contribution in [3.63, 3.8) is 0 Å². The number of hydrogen-bond donors (Lipinski definition) is 5. The van der Waals surface area contributed by atoms with Crippen LogP contribution in [0.3, 0.4) is 0 Å². The van der Waals surface area contributed by atoms with Crippen molar-refractivity contribution in [2.75, 3.05) is 6.54 Å². The molecule has 0 aliphatic carbocycles. The molecule has 1 heterocycles. The molecule has 0 bridgehead atoms. The maximum absolute atomic E-state index is 11.5. The zero-order valence-electron chi connectivity index (χ0n) is 9.62. The van der Waals surface area contributed by atoms with Crippen molar-refractivity contribution in [1.82, 2.24) is 26.1 Å². The molecule has 0 radical (unpaired) electrons. The van der Waals surface area contributed by atoms with Crippen molar-refractivity contribution in [3.8, 4) is 0 Å². The van der Waals surface area contributed by atoms with Gasteiger partial charge in [-0.05, 0) is 31.4 Å². The fraction of sp³-hybridized carbons (Fsp3) is 0.333. The van der Waals surface area contributed by atoms with Crippen molar-refractivity contribution in [1.29, 1.82) is 0 Å². The van der Waals surface area contributed by atoms with Crippen LogP contribution in [-0.2, 0) is 11.2 Å². The van der Waals surface area contributed by atoms with Crippen LogP contribution in [-0.4, -0.2) is 27.5 Å². The first-order valence-corrected chi connectivity index (χ1v) is 5.98. The normalized spacial score (nSPS) is 9.61. The molecule has 1 amide bonds. The molecule has 0 aliphatic rings. The highest BCUT2D eigenvalue weighted by Crippen LogP contribution is 1.90. The fourth-order valence-electron chi connectivity index (χ4n) is 1.16. The molecule has 1 aromatic rings. The molecule has 98 valence electrons. The fourth-order valence-corrected chi connectivity index (χ4v) is 1.59. The summed E-state index contributed by atoms with van der Waals surface area (Å²) < 4.78 is 0.182. The Morgan fingerprint density at radius 3 is 2.72 bits per heavy atom. The van der Waals surface area contributed by atoms with E-state index in [2.05, 4.69) is 26.1 Å². The van der Waals surface area contributed by atoms with E-state index in [0.29, 0.717) is 17.4 Å². The highest BCUT2D eigenvalue weighted by Gasteiger charge is 2.04. The molecular formula is C9H13N5O2S2. The summed E-state index contributed by atoms with van der Waals surface area (Å²) in [6.07, 6.45) is -0.00466. The average Bonchev–Trinajstić information content (AvgIpc) is 2.25. The quantitative estimate of drug-likeness (QED) is 0.379. The Labute approximate surface area is 113 Å². The van der Waals surface area contributed by atoms with Crippen LogP contribution in [0.4, 0.5) is 0 Å². The second-order valence-corrected chi connectivity index (χ2v) is 4.14. The Hall–Kier alpha value is -1.74. The van der Waals surface area contributed by atoms with E-state index < -0.39 is 0 Å². The highest BCUT2D eigenvalue weighted by atomic mass is 32.1. The lowest BCUT2D eigenvalue weighted by atomic mass is 10.3. The molecule has 0 spiro atoms. The van der Waals surface area contributed by atoms with Gasteiger partial charge in [0.25, 0.3) is 5.56 Å². The first kappa shape index (κ1) is 14.3. The third kappa shape index (κ3) is 5.06. The van der Waals surface area contributed by atoms with Gasteiger partial charge >= 0.3 is 0 Å². The minimum absolute atomic E-state index is 0.00466. The lowest BCUT2D eigenvalue weighted by molar-refractivity contribution is -0.121. The van der Waals surface area contributed by atoms with Crippen LogP contribution < -0.4 is 21.7 Å². The molecule has 5 N–H and O–H groups in total. The van der Waals surface area contributed by atoms with Crippen LogP contribution in [0.1, 0.15) is 12.6 Å². The van der Waals surface area contributed by atoms with Gasteiger partial charge < -0.3 is 10.3 Å². The summed E-state index contributed by atoms with van der Waals surface area (Å²) in [5, 5.41) is 3.13. The highest BCUT2D eigenvalue weighted by molar-refractivity contribution is 7.80. The van der Waals surface area contributed by atoms with Gasteiger partial charge in [-0.15, -0.1) is 0 Å². The number of carbonyl (C=O) groups excluding carboxylic acids is 1. The first-order valence-electron chi connectivity index (χ1n) is 5.16. The number of H-pyrrole nitrogens is 2. The number of aromatic amines is 2. The van der Waals surface area contributed by atoms with Gasteiger partial charge in [0, 0.05) is 18.3 Å². The summed E-state index contributed by atoms with van der Waals surface area (Å²) in [5.74, 6) is -0.341. The molecule has 0 fully saturated rings. The lowest BCUT2D eigenvalue weighted by Crippen LogP contribution is -2.47. The third-order valence-corrected chi connectivity index (χ3v) is 2.27. The van der Waals surface area contributed by atoms with Gasteiger partial charge in [-0.2, -0.15) is 0 Å². The van der Waals surface area contributed by atoms with Gasteiger partial charge in [-0.3, -0.25) is 25.4 Å². The number of aromatic nitrogens is 2. The van der Waals surface area contributed by atoms with Crippen molar-refractivity contribution in [2.24, 2.45) is 0 Å². The molecule has 0 atom stereocenters. The van der Waals surface area contributed by atoms with Gasteiger partial charge in [0.2, 0.25) is 5.91 Å². The lowest BCUT2D eigenvalue weighted by Gasteiger charge is -2.09. The molecule has 7 nitrogen and oxygen atoms in total. The van der Waals surface area contributed by atoms with E-state index in [1.807, 2.05) is 6.92 Å². The van der Waals surface area contributed by atoms with Gasteiger partial charge in [-0.1, -0.05) is 0 Å². The van der Waals surface area contributed by atoms with Gasteiger partial charge in [-0.25, -0.2) is 0 Å². The smallest absolute Gasteiger partial charge is 0.251 e. The predicted molar refractivity (Wildman–Crippen MR) is 73.5 cm³/mol. The molecule has 0 aromatic carbocycles. The largest absolute Gasteiger partial charge is 0.362 e. The van der Waals surface area contributed by atoms with Crippen LogP contribution in [0.15, 0.2) is 10.9 Å². The second-order valence-electron chi connectivity index (χ2n) is 3.32. The number of rotatable bonds is 3. The molecule has 1 aromatic heterocycles.